The average molecular weight is 1410 g/mol. The lowest BCUT2D eigenvalue weighted by molar-refractivity contribution is -0.146. The first-order chi connectivity index (χ1) is 47.4. The molecule has 0 aliphatic rings. The minimum Gasteiger partial charge on any atom is -0.467 e. The second-order valence-electron chi connectivity index (χ2n) is 20.8. The molecule has 0 aromatic heterocycles. The second-order valence-corrected chi connectivity index (χ2v) is 21.6. The third kappa shape index (κ3) is 21.3. The number of hydrogen-bond donors (Lipinski definition) is 4. The number of esters is 6. The van der Waals surface area contributed by atoms with Crippen LogP contribution in [-0.2, 0) is 79.6 Å². The highest BCUT2D eigenvalue weighted by Crippen LogP contribution is 2.30. The number of carbonyl (C=O) groups excluding carboxylic acids is 14. The van der Waals surface area contributed by atoms with Crippen LogP contribution in [0.5, 0.6) is 0 Å². The van der Waals surface area contributed by atoms with Crippen molar-refractivity contribution in [3.8, 4) is 0 Å². The maximum atomic E-state index is 13.3. The summed E-state index contributed by atoms with van der Waals surface area (Å²) >= 11 is 12.8. The fraction of sp³-hybridized carbons (Fsp3) is 0.242. The molecule has 100 heavy (non-hydrogen) atoms. The number of methoxy groups -OCH3 is 6. The first-order valence-corrected chi connectivity index (χ1v) is 29.6. The third-order valence-corrected chi connectivity index (χ3v) is 14.4. The van der Waals surface area contributed by atoms with Gasteiger partial charge < -0.3 is 50.5 Å². The predicted molar refractivity (Wildman–Crippen MR) is 354 cm³/mol. The molecule has 6 N–H and O–H groups in total. The Kier molecular flexibility index (Phi) is 28.8. The van der Waals surface area contributed by atoms with Crippen LogP contribution in [0.15, 0.2) is 150 Å². The molecule has 4 unspecified atom stereocenters. The molecule has 0 saturated carbocycles. The Bertz CT molecular complexity index is 4400. The largest absolute Gasteiger partial charge is 0.467 e. The first-order valence-electron chi connectivity index (χ1n) is 28.9. The number of anilines is 2. The van der Waals surface area contributed by atoms with E-state index in [0.717, 1.165) is 54.8 Å². The summed E-state index contributed by atoms with van der Waals surface area (Å²) in [6, 6.07) is 18.0. The van der Waals surface area contributed by atoms with E-state index in [9.17, 15) is 67.1 Å². The van der Waals surface area contributed by atoms with Crippen LogP contribution in [0, 0.1) is 13.8 Å². The van der Waals surface area contributed by atoms with Crippen LogP contribution in [0.1, 0.15) is 98.2 Å². The highest BCUT2D eigenvalue weighted by molar-refractivity contribution is 6.34. The van der Waals surface area contributed by atoms with Gasteiger partial charge >= 0.3 is 35.8 Å². The summed E-state index contributed by atoms with van der Waals surface area (Å²) in [5.41, 5.74) is 12.9. The van der Waals surface area contributed by atoms with Gasteiger partial charge in [0, 0.05) is 24.0 Å². The predicted octanol–water partition coefficient (Wildman–Crippen LogP) is 8.88. The number of ketones is 4. The van der Waals surface area contributed by atoms with Crippen molar-refractivity contribution in [1.82, 2.24) is 0 Å². The molecule has 0 bridgehead atoms. The molecule has 0 radical (unpaired) electrons. The van der Waals surface area contributed by atoms with E-state index in [1.54, 1.807) is 26.0 Å². The maximum Gasteiger partial charge on any atom is 0.342 e. The van der Waals surface area contributed by atoms with Crippen molar-refractivity contribution in [3.63, 3.8) is 0 Å². The van der Waals surface area contributed by atoms with Crippen molar-refractivity contribution in [3.05, 3.63) is 175 Å². The van der Waals surface area contributed by atoms with Gasteiger partial charge in [-0.15, -0.1) is 0 Å². The Hall–Kier alpha value is -12.3. The van der Waals surface area contributed by atoms with E-state index in [1.165, 1.54) is 98.8 Å². The van der Waals surface area contributed by atoms with E-state index in [2.05, 4.69) is 65.8 Å². The maximum absolute atomic E-state index is 13.3. The molecule has 0 saturated heterocycles. The van der Waals surface area contributed by atoms with Gasteiger partial charge in [0.15, 0.2) is 29.2 Å². The van der Waals surface area contributed by atoms with E-state index in [1.807, 2.05) is 0 Å². The Morgan fingerprint density at radius 2 is 0.720 bits per heavy atom. The van der Waals surface area contributed by atoms with Crippen LogP contribution >= 0.6 is 23.2 Å². The summed E-state index contributed by atoms with van der Waals surface area (Å²) in [5.74, 6) is -11.2. The molecule has 0 aliphatic carbocycles. The van der Waals surface area contributed by atoms with Gasteiger partial charge in [-0.2, -0.15) is 40.9 Å². The molecule has 0 fully saturated rings. The zero-order valence-corrected chi connectivity index (χ0v) is 56.3. The smallest absolute Gasteiger partial charge is 0.342 e. The molecular weight excluding hydrogens is 1350 g/mol. The van der Waals surface area contributed by atoms with Gasteiger partial charge in [0.1, 0.15) is 11.4 Å². The lowest BCUT2D eigenvalue weighted by atomic mass is 10.0. The van der Waals surface area contributed by atoms with E-state index in [0.29, 0.717) is 16.7 Å². The van der Waals surface area contributed by atoms with Crippen molar-refractivity contribution < 1.29 is 95.5 Å². The van der Waals surface area contributed by atoms with Gasteiger partial charge in [0.25, 0.3) is 11.8 Å². The number of nitrogens with two attached hydrogens (primary N) is 2. The fourth-order valence-electron chi connectivity index (χ4n) is 8.41. The lowest BCUT2D eigenvalue weighted by Crippen LogP contribution is -2.34. The van der Waals surface area contributed by atoms with Crippen molar-refractivity contribution in [2.75, 3.05) is 53.3 Å². The zero-order chi connectivity index (χ0) is 74.2. The van der Waals surface area contributed by atoms with Gasteiger partial charge in [-0.05, 0) is 135 Å². The third-order valence-electron chi connectivity index (χ3n) is 13.8. The number of azo groups is 4. The molecule has 34 heteroatoms. The highest BCUT2D eigenvalue weighted by atomic mass is 35.5. The summed E-state index contributed by atoms with van der Waals surface area (Å²) in [5, 5.41) is 36.0. The number of nitrogens with zero attached hydrogens (tertiary/aromatic N) is 8. The number of nitrogens with one attached hydrogen (secondary N) is 2. The van der Waals surface area contributed by atoms with Gasteiger partial charge in [0.05, 0.1) is 97.7 Å². The zero-order valence-electron chi connectivity index (χ0n) is 54.8. The number of halogens is 2. The summed E-state index contributed by atoms with van der Waals surface area (Å²) in [6.07, 6.45) is -0.684. The van der Waals surface area contributed by atoms with Gasteiger partial charge in [-0.1, -0.05) is 47.5 Å². The molecule has 0 spiro atoms. The molecule has 6 aromatic carbocycles. The van der Waals surface area contributed by atoms with Crippen LogP contribution < -0.4 is 22.1 Å². The number of Topliss-reactive ketones (excluding diaryl/α,β-unsaturated/α-hetero) is 4. The number of hydrogen-bond acceptors (Lipinski definition) is 28. The molecule has 0 aliphatic heterocycles. The van der Waals surface area contributed by atoms with E-state index in [4.69, 9.17) is 48.9 Å². The highest BCUT2D eigenvalue weighted by Gasteiger charge is 2.32. The van der Waals surface area contributed by atoms with E-state index >= 15 is 0 Å². The van der Waals surface area contributed by atoms with Crippen LogP contribution in [-0.4, -0.2) is 149 Å². The Balaban J connectivity index is 0.000000368. The Morgan fingerprint density at radius 1 is 0.390 bits per heavy atom. The standard InChI is InChI=1S/C35H32ClN5O14.C31H30ClN7O6/c1-50-30(44)18-8-10-20(32(46)52-3)24(15-18)38-40-27(34(48)54-5)26(42)14-17-7-12-23(22(36)13-17)37-29(43)28(35(49)55-6)41-39-25-16-19(31(45)51-2)9-11-21(25)33(47)53-4;1-15-5-8-20(29(33)43)13-24(15)36-38-27(17(3)40)26(42)12-19-7-10-23(22(32)11-19)35-31(45)28(18(4)41)39-37-25-14-21(30(34)44)9-6-16(25)2/h7-13,15-16,27-28H,14H2,1-6H3,(H,37,43);5-11,13-14,27-28H,12H2,1-4H3,(H2,33,43)(H2,34,44)(H,35,45). The van der Waals surface area contributed by atoms with Crippen LogP contribution in [0.4, 0.5) is 34.1 Å². The molecule has 6 aromatic rings. The normalized spacial score (nSPS) is 12.2. The fourth-order valence-corrected chi connectivity index (χ4v) is 8.91. The summed E-state index contributed by atoms with van der Waals surface area (Å²) < 4.78 is 28.2. The minimum atomic E-state index is -1.94. The van der Waals surface area contributed by atoms with Crippen LogP contribution in [0.25, 0.3) is 0 Å². The Labute approximate surface area is 578 Å². The van der Waals surface area contributed by atoms with Gasteiger partial charge in [0.2, 0.25) is 29.9 Å². The number of ether oxygens (including phenoxy) is 6. The van der Waals surface area contributed by atoms with Gasteiger partial charge in [-0.25, -0.2) is 28.8 Å². The molecule has 520 valence electrons. The SMILES string of the molecule is CC(=O)C(N=Nc1cc(C(N)=O)ccc1C)C(=O)Cc1ccc(NC(=O)C(N=Nc2cc(C(N)=O)ccc2C)C(C)=O)c(Cl)c1.COC(=O)c1ccc(C(=O)OC)c(N=NC(C(=O)Cc2ccc(NC(=O)C(N=Nc3cc(C(=O)OC)ccc3C(=O)OC)C(=O)OC)c(Cl)c2)C(=O)OC)c1. The number of amides is 4. The number of rotatable bonds is 28. The van der Waals surface area contributed by atoms with Crippen LogP contribution in [0.3, 0.4) is 0 Å². The number of benzene rings is 6. The Morgan fingerprint density at radius 3 is 1.09 bits per heavy atom. The van der Waals surface area contributed by atoms with E-state index < -0.39 is 113 Å². The summed E-state index contributed by atoms with van der Waals surface area (Å²) in [4.78, 5) is 174. The van der Waals surface area contributed by atoms with Crippen molar-refractivity contribution in [2.45, 2.75) is 64.7 Å². The molecule has 32 nitrogen and oxygen atoms in total. The molecule has 4 atom stereocenters. The van der Waals surface area contributed by atoms with Crippen molar-refractivity contribution in [2.24, 2.45) is 52.4 Å². The number of aryl methyl sites for hydroxylation is 2. The minimum absolute atomic E-state index is 0.00836. The summed E-state index contributed by atoms with van der Waals surface area (Å²) in [7, 11) is 6.51. The van der Waals surface area contributed by atoms with E-state index in [-0.39, 0.29) is 89.5 Å². The first kappa shape index (κ1) is 78.4. The van der Waals surface area contributed by atoms with Crippen molar-refractivity contribution in [1.29, 1.82) is 0 Å². The average Bonchev–Trinajstić information content (AvgIpc) is 0.841. The molecule has 4 amide bonds. The molecule has 0 heterocycles. The van der Waals surface area contributed by atoms with Gasteiger partial charge in [-0.3, -0.25) is 38.4 Å². The second kappa shape index (κ2) is 36.7. The monoisotopic (exact) mass is 1410 g/mol. The number of carbonyl (C=O) groups is 14. The van der Waals surface area contributed by atoms with Crippen molar-refractivity contribution >= 4 is 140 Å². The van der Waals surface area contributed by atoms with Crippen LogP contribution in [0.2, 0.25) is 10.0 Å². The topological polar surface area (TPSA) is 469 Å². The quantitative estimate of drug-likeness (QED) is 0.0154. The molecule has 6 rings (SSSR count). The summed E-state index contributed by atoms with van der Waals surface area (Å²) in [6.45, 7) is 5.81. The number of primary amides is 2. The molecular formula is C66H62Cl2N12O20. The lowest BCUT2D eigenvalue weighted by Gasteiger charge is -2.13.